The number of carbonyl (C=O) groups is 1. The van der Waals surface area contributed by atoms with Crippen LogP contribution in [0.4, 0.5) is 10.1 Å². The number of aliphatic hydroxyl groups excluding tert-OH is 2. The number of β-amino-alcohol motifs (C(OH)–C–C–N with tert-alkyl or cyclic N) is 1. The fraction of sp³-hybridized carbons (Fsp3) is 0.407. The van der Waals surface area contributed by atoms with Crippen LogP contribution in [0, 0.1) is 11.7 Å². The molecule has 4 rings (SSSR count). The van der Waals surface area contributed by atoms with Crippen LogP contribution in [-0.4, -0.2) is 58.8 Å². The van der Waals surface area contributed by atoms with E-state index in [1.165, 1.54) is 25.4 Å². The molecule has 0 radical (unpaired) electrons. The zero-order valence-electron chi connectivity index (χ0n) is 20.9. The molecule has 2 aromatic carbocycles. The zero-order valence-corrected chi connectivity index (χ0v) is 21.6. The summed E-state index contributed by atoms with van der Waals surface area (Å²) in [5, 5.41) is 29.7. The number of aliphatic hydroxyl groups is 2. The number of hydrogen-bond acceptors (Lipinski definition) is 6. The van der Waals surface area contributed by atoms with Gasteiger partial charge in [0.25, 0.3) is 0 Å². The third kappa shape index (κ3) is 5.16. The summed E-state index contributed by atoms with van der Waals surface area (Å²) >= 11 is 6.21. The first kappa shape index (κ1) is 26.9. The summed E-state index contributed by atoms with van der Waals surface area (Å²) in [4.78, 5) is 27.0. The van der Waals surface area contributed by atoms with Crippen molar-refractivity contribution >= 4 is 34.2 Å². The largest absolute Gasteiger partial charge is 0.496 e. The molecule has 0 amide bonds. The first-order valence-electron chi connectivity index (χ1n) is 12.1. The SMILES string of the molecule is COc1cc2c(cc1Cc1cc(N3CCC(O)C3)cc(Cl)c1F)c(=O)c(C(=O)O)cn2C(CO)C(C)C. The van der Waals surface area contributed by atoms with E-state index in [9.17, 15) is 24.9 Å². The fourth-order valence-electron chi connectivity index (χ4n) is 4.92. The van der Waals surface area contributed by atoms with Crippen LogP contribution in [0.15, 0.2) is 35.3 Å². The van der Waals surface area contributed by atoms with Crippen molar-refractivity contribution in [1.82, 2.24) is 4.57 Å². The molecule has 2 atom stereocenters. The van der Waals surface area contributed by atoms with Gasteiger partial charge in [-0.2, -0.15) is 0 Å². The predicted octanol–water partition coefficient (Wildman–Crippen LogP) is 3.85. The van der Waals surface area contributed by atoms with Crippen molar-refractivity contribution in [2.75, 3.05) is 31.7 Å². The molecule has 1 aromatic heterocycles. The van der Waals surface area contributed by atoms with Crippen LogP contribution in [0.1, 0.15) is 47.8 Å². The second-order valence-electron chi connectivity index (χ2n) is 9.73. The van der Waals surface area contributed by atoms with Crippen molar-refractivity contribution in [2.24, 2.45) is 5.92 Å². The molecule has 0 bridgehead atoms. The van der Waals surface area contributed by atoms with E-state index in [1.54, 1.807) is 16.7 Å². The molecular weight excluding hydrogens is 503 g/mol. The molecule has 3 aromatic rings. The number of aromatic carboxylic acids is 1. The monoisotopic (exact) mass is 532 g/mol. The Labute approximate surface area is 218 Å². The molecule has 10 heteroatoms. The number of nitrogens with zero attached hydrogens (tertiary/aromatic N) is 2. The van der Waals surface area contributed by atoms with Crippen LogP contribution in [0.3, 0.4) is 0 Å². The highest BCUT2D eigenvalue weighted by atomic mass is 35.5. The maximum atomic E-state index is 15.1. The van der Waals surface area contributed by atoms with Crippen molar-refractivity contribution in [3.8, 4) is 5.75 Å². The molecule has 0 spiro atoms. The number of fused-ring (bicyclic) bond motifs is 1. The van der Waals surface area contributed by atoms with Crippen molar-refractivity contribution in [1.29, 1.82) is 0 Å². The first-order valence-corrected chi connectivity index (χ1v) is 12.4. The van der Waals surface area contributed by atoms with E-state index < -0.39 is 34.9 Å². The maximum Gasteiger partial charge on any atom is 0.341 e. The molecule has 3 N–H and O–H groups in total. The summed E-state index contributed by atoms with van der Waals surface area (Å²) in [6.07, 6.45) is 1.42. The molecule has 2 unspecified atom stereocenters. The van der Waals surface area contributed by atoms with Gasteiger partial charge >= 0.3 is 5.97 Å². The summed E-state index contributed by atoms with van der Waals surface area (Å²) in [5.74, 6) is -1.67. The molecule has 1 aliphatic rings. The molecule has 2 heterocycles. The Morgan fingerprint density at radius 2 is 1.97 bits per heavy atom. The van der Waals surface area contributed by atoms with Gasteiger partial charge in [0.2, 0.25) is 5.43 Å². The molecule has 1 saturated heterocycles. The van der Waals surface area contributed by atoms with E-state index in [4.69, 9.17) is 16.3 Å². The van der Waals surface area contributed by atoms with Crippen molar-refractivity contribution in [3.05, 3.63) is 68.2 Å². The average molecular weight is 533 g/mol. The van der Waals surface area contributed by atoms with Crippen LogP contribution >= 0.6 is 11.6 Å². The van der Waals surface area contributed by atoms with Gasteiger partial charge in [0.15, 0.2) is 0 Å². The third-order valence-corrected chi connectivity index (χ3v) is 7.25. The van der Waals surface area contributed by atoms with Gasteiger partial charge in [-0.1, -0.05) is 25.4 Å². The van der Waals surface area contributed by atoms with Gasteiger partial charge in [-0.3, -0.25) is 4.79 Å². The summed E-state index contributed by atoms with van der Waals surface area (Å²) in [6, 6.07) is 5.83. The molecule has 0 saturated carbocycles. The number of methoxy groups -OCH3 is 1. The molecule has 1 fully saturated rings. The highest BCUT2D eigenvalue weighted by Crippen LogP contribution is 2.34. The minimum atomic E-state index is -1.38. The lowest BCUT2D eigenvalue weighted by Crippen LogP contribution is -2.25. The number of anilines is 1. The van der Waals surface area contributed by atoms with Crippen LogP contribution in [0.25, 0.3) is 10.9 Å². The summed E-state index contributed by atoms with van der Waals surface area (Å²) in [6.45, 7) is 4.53. The molecule has 1 aliphatic heterocycles. The Morgan fingerprint density at radius 1 is 1.24 bits per heavy atom. The van der Waals surface area contributed by atoms with E-state index in [0.29, 0.717) is 42.0 Å². The number of benzene rings is 2. The van der Waals surface area contributed by atoms with Crippen LogP contribution < -0.4 is 15.1 Å². The van der Waals surface area contributed by atoms with Crippen molar-refractivity contribution in [2.45, 2.75) is 38.8 Å². The van der Waals surface area contributed by atoms with Gasteiger partial charge in [0, 0.05) is 42.8 Å². The lowest BCUT2D eigenvalue weighted by Gasteiger charge is -2.25. The quantitative estimate of drug-likeness (QED) is 0.404. The smallest absolute Gasteiger partial charge is 0.341 e. The molecule has 0 aliphatic carbocycles. The maximum absolute atomic E-state index is 15.1. The summed E-state index contributed by atoms with van der Waals surface area (Å²) in [7, 11) is 1.45. The molecule has 8 nitrogen and oxygen atoms in total. The Bertz CT molecular complexity index is 1410. The standard InChI is InChI=1S/C27H30ClFN2O6/c1-14(2)23(13-32)31-12-20(27(35)36)26(34)19-8-15(24(37-3)10-22(19)31)6-16-7-17(9-21(28)25(16)29)30-5-4-18(33)11-30/h7-10,12,14,18,23,32-33H,4-6,11,13H2,1-3H3,(H,35,36). The van der Waals surface area contributed by atoms with E-state index in [0.717, 1.165) is 0 Å². The van der Waals surface area contributed by atoms with Gasteiger partial charge in [0.05, 0.1) is 36.4 Å². The Kier molecular flexibility index (Phi) is 7.77. The highest BCUT2D eigenvalue weighted by molar-refractivity contribution is 6.31. The zero-order chi connectivity index (χ0) is 27.0. The van der Waals surface area contributed by atoms with Gasteiger partial charge in [-0.15, -0.1) is 0 Å². The highest BCUT2D eigenvalue weighted by Gasteiger charge is 2.25. The number of carboxylic acid groups (broad SMARTS) is 1. The van der Waals surface area contributed by atoms with E-state index in [1.807, 2.05) is 18.7 Å². The van der Waals surface area contributed by atoms with Crippen molar-refractivity contribution < 1.29 is 29.2 Å². The van der Waals surface area contributed by atoms with E-state index in [2.05, 4.69) is 0 Å². The average Bonchev–Trinajstić information content (AvgIpc) is 3.29. The Hall–Kier alpha value is -3.14. The summed E-state index contributed by atoms with van der Waals surface area (Å²) < 4.78 is 22.3. The number of ether oxygens (including phenoxy) is 1. The normalized spacial score (nSPS) is 16.5. The van der Waals surface area contributed by atoms with Gasteiger partial charge < -0.3 is 29.5 Å². The minimum Gasteiger partial charge on any atom is -0.496 e. The minimum absolute atomic E-state index is 0.0270. The predicted molar refractivity (Wildman–Crippen MR) is 140 cm³/mol. The summed E-state index contributed by atoms with van der Waals surface area (Å²) in [5.41, 5.74) is 0.720. The Balaban J connectivity index is 1.89. The van der Waals surface area contributed by atoms with Gasteiger partial charge in [-0.05, 0) is 41.7 Å². The second-order valence-corrected chi connectivity index (χ2v) is 10.1. The number of rotatable bonds is 8. The van der Waals surface area contributed by atoms with Gasteiger partial charge in [-0.25, -0.2) is 9.18 Å². The lowest BCUT2D eigenvalue weighted by atomic mass is 9.98. The molecule has 198 valence electrons. The lowest BCUT2D eigenvalue weighted by molar-refractivity contribution is 0.0694. The number of pyridine rings is 1. The van der Waals surface area contributed by atoms with Crippen LogP contribution in [0.5, 0.6) is 5.75 Å². The molecular formula is C27H30ClFN2O6. The number of carboxylic acids is 1. The topological polar surface area (TPSA) is 112 Å². The second kappa shape index (κ2) is 10.7. The van der Waals surface area contributed by atoms with Crippen LogP contribution in [0.2, 0.25) is 5.02 Å². The first-order chi connectivity index (χ1) is 17.5. The number of hydrogen-bond donors (Lipinski definition) is 3. The van der Waals surface area contributed by atoms with Crippen molar-refractivity contribution in [3.63, 3.8) is 0 Å². The third-order valence-electron chi connectivity index (χ3n) is 6.98. The number of aromatic nitrogens is 1. The van der Waals surface area contributed by atoms with Crippen LogP contribution in [-0.2, 0) is 6.42 Å². The van der Waals surface area contributed by atoms with Gasteiger partial charge in [0.1, 0.15) is 17.1 Å². The fourth-order valence-corrected chi connectivity index (χ4v) is 5.15. The Morgan fingerprint density at radius 3 is 2.54 bits per heavy atom. The number of halogens is 2. The van der Waals surface area contributed by atoms with E-state index in [-0.39, 0.29) is 34.9 Å². The van der Waals surface area contributed by atoms with E-state index >= 15 is 4.39 Å². The molecule has 37 heavy (non-hydrogen) atoms.